The van der Waals surface area contributed by atoms with Crippen LogP contribution in [0.3, 0.4) is 0 Å². The molecule has 0 bridgehead atoms. The zero-order valence-corrected chi connectivity index (χ0v) is 77.1. The summed E-state index contributed by atoms with van der Waals surface area (Å²) in [5.74, 6) is -4.28. The van der Waals surface area contributed by atoms with Crippen LogP contribution in [0.25, 0.3) is 105 Å². The molecular weight excluding hydrogens is 1780 g/mol. The highest BCUT2D eigenvalue weighted by molar-refractivity contribution is 7.18. The summed E-state index contributed by atoms with van der Waals surface area (Å²) in [6, 6.07) is 48.6. The fourth-order valence-corrected chi connectivity index (χ4v) is 18.9. The Labute approximate surface area is 783 Å². The molecule has 0 unspecified atom stereocenters. The highest BCUT2D eigenvalue weighted by atomic mass is 32.1. The Bertz CT molecular complexity index is 7710. The van der Waals surface area contributed by atoms with Crippen LogP contribution in [0.1, 0.15) is 23.9 Å². The maximum atomic E-state index is 14.0. The van der Waals surface area contributed by atoms with Crippen molar-refractivity contribution in [2.45, 2.75) is 39.8 Å². The van der Waals surface area contributed by atoms with Crippen LogP contribution in [0.5, 0.6) is 17.2 Å². The number of hydrogen-bond acceptors (Lipinski definition) is 27. The molecule has 698 valence electrons. The lowest BCUT2D eigenvalue weighted by Gasteiger charge is -2.33. The van der Waals surface area contributed by atoms with Gasteiger partial charge >= 0.3 is 0 Å². The van der Waals surface area contributed by atoms with Crippen LogP contribution in [0.15, 0.2) is 225 Å². The van der Waals surface area contributed by atoms with Crippen molar-refractivity contribution in [3.8, 4) is 73.4 Å². The Kier molecular flexibility index (Phi) is 27.3. The van der Waals surface area contributed by atoms with Crippen LogP contribution in [0.4, 0.5) is 50.5 Å². The molecular formula is C99H97F5N22O8S2. The van der Waals surface area contributed by atoms with Gasteiger partial charge in [0, 0.05) is 213 Å². The number of aromatic nitrogens is 12. The number of thiazole rings is 2. The van der Waals surface area contributed by atoms with E-state index in [2.05, 4.69) is 108 Å². The Hall–Kier alpha value is -14.5. The van der Waals surface area contributed by atoms with Gasteiger partial charge in [0.2, 0.25) is 11.6 Å². The largest absolute Gasteiger partial charge is 0.494 e. The molecule has 5 N–H and O–H groups in total. The second-order valence-corrected chi connectivity index (χ2v) is 35.9. The Morgan fingerprint density at radius 2 is 0.647 bits per heavy atom. The second kappa shape index (κ2) is 40.4. The number of pyridine rings is 5. The third kappa shape index (κ3) is 20.3. The van der Waals surface area contributed by atoms with Crippen molar-refractivity contribution in [2.24, 2.45) is 0 Å². The molecule has 22 rings (SSSR count). The van der Waals surface area contributed by atoms with Crippen molar-refractivity contribution in [1.29, 1.82) is 0 Å². The number of methoxy groups -OCH3 is 3. The van der Waals surface area contributed by atoms with E-state index in [1.54, 1.807) is 98.6 Å². The first-order valence-corrected chi connectivity index (χ1v) is 46.2. The average molecular weight is 1880 g/mol. The molecule has 5 saturated heterocycles. The fraction of sp³-hybridized carbons (Fsp3) is 0.273. The highest BCUT2D eigenvalue weighted by Gasteiger charge is 2.25. The van der Waals surface area contributed by atoms with Crippen LogP contribution in [-0.4, -0.2) is 208 Å². The number of aryl methyl sites for hydroxylation is 2. The molecule has 0 spiro atoms. The first kappa shape index (κ1) is 92.0. The van der Waals surface area contributed by atoms with Gasteiger partial charge in [0.1, 0.15) is 34.1 Å². The molecule has 0 aliphatic carbocycles. The molecule has 12 aromatic heterocycles. The van der Waals surface area contributed by atoms with Crippen LogP contribution in [0.2, 0.25) is 0 Å². The summed E-state index contributed by atoms with van der Waals surface area (Å²) in [5, 5.41) is 18.8. The molecule has 0 amide bonds. The number of nitrogens with one attached hydrogen (secondary N) is 5. The SMILES string of the molecule is COc1cc(-c2cc(=O)n3cc(N4CCNCC4)ccc3n2)cc(F)c1F.COc1cc(-c2cc(=O)n3cc(N4CCN[C@@H](C)C4)ccc3n2)cc(F)c1F.COc1ccc(-c2ccc3nc(N4CCNCC4)cc(=O)n3c2)cc1F.Cc1nc2ccc(-c3cc(=O)n4cc(N5CCNCC5)ccc4n3)cc2s1.Cc1nc2ccc(-c3cc(=O)n4cc(N5CCN[C@@H](C)C5)ccc4n3)cc2s1. The van der Waals surface area contributed by atoms with Gasteiger partial charge in [-0.25, -0.2) is 48.1 Å². The number of fused-ring (bicyclic) bond motifs is 7. The first-order valence-electron chi connectivity index (χ1n) is 44.6. The van der Waals surface area contributed by atoms with Crippen LogP contribution >= 0.6 is 22.7 Å². The van der Waals surface area contributed by atoms with E-state index < -0.39 is 29.1 Å². The topological polar surface area (TPSA) is 302 Å². The zero-order valence-electron chi connectivity index (χ0n) is 75.5. The normalized spacial score (nSPS) is 15.8. The van der Waals surface area contributed by atoms with E-state index in [1.165, 1.54) is 64.9 Å². The third-order valence-electron chi connectivity index (χ3n) is 24.2. The molecule has 136 heavy (non-hydrogen) atoms. The van der Waals surface area contributed by atoms with Crippen molar-refractivity contribution in [3.63, 3.8) is 0 Å². The summed E-state index contributed by atoms with van der Waals surface area (Å²) in [7, 11) is 3.93. The first-order chi connectivity index (χ1) is 65.9. The summed E-state index contributed by atoms with van der Waals surface area (Å²) in [4.78, 5) is 106. The molecule has 0 saturated carbocycles. The van der Waals surface area contributed by atoms with Gasteiger partial charge < -0.3 is 65.3 Å². The van der Waals surface area contributed by atoms with Gasteiger partial charge in [-0.15, -0.1) is 22.7 Å². The Balaban J connectivity index is 0.000000113. The summed E-state index contributed by atoms with van der Waals surface area (Å²) in [6.45, 7) is 24.4. The number of ether oxygens (including phenoxy) is 3. The molecule has 5 aromatic carbocycles. The smallest absolute Gasteiger partial charge is 0.259 e. The standard InChI is InChI=1S/C21H21N5OS.C20H20F2N4O2.C20H19N5OS.C19H18F2N4O2.C19H19FN4O2/c1-13-11-25(8-7-22-13)16-4-6-20-24-18(10-21(27)26(20)12-16)15-3-5-17-19(9-15)28-14(2)23-17;1-12-10-25(6-5-23-12)14-3-4-18-24-16(9-19(27)26(18)11-14)13-7-15(21)20(22)17(8-13)28-2;1-13-22-16-4-2-14(10-18(16)27-13)17-11-20(26)25-12-15(3-5-19(25)23-17)24-8-6-21-7-9-24;1-27-16-9-12(8-14(20)19(16)21)15-10-18(26)25-11-13(2-3-17(25)23-15)24-6-4-22-5-7-24;1-26-16-4-2-13(10-15(16)20)14-3-5-17-22-18(11-19(25)24(17)12-14)23-8-6-21-7-9-23/h3-6,9-10,12-13,22H,7-8,11H2,1-2H3;3-4,7-9,11-12,23H,5-6,10H2,1-2H3;2-5,10-12,21H,6-9H2,1H3;2-3,8-11,22H,4-7H2,1H3;2-5,10-12,21H,6-9H2,1H3/t13-;12-;;;/m00.../s1. The van der Waals surface area contributed by atoms with Crippen molar-refractivity contribution in [1.82, 2.24) is 83.5 Å². The molecule has 5 fully saturated rings. The van der Waals surface area contributed by atoms with E-state index >= 15 is 0 Å². The number of hydrogen-bond donors (Lipinski definition) is 5. The lowest BCUT2D eigenvalue weighted by Crippen LogP contribution is -2.49. The fourth-order valence-electron chi connectivity index (χ4n) is 17.2. The number of benzene rings is 5. The number of nitrogens with zero attached hydrogens (tertiary/aromatic N) is 17. The minimum absolute atomic E-state index is 0.0624. The molecule has 5 aliphatic rings. The summed E-state index contributed by atoms with van der Waals surface area (Å²) >= 11 is 3.31. The van der Waals surface area contributed by atoms with E-state index in [9.17, 15) is 45.9 Å². The number of rotatable bonds is 13. The molecule has 0 radical (unpaired) electrons. The molecule has 30 nitrogen and oxygen atoms in total. The monoisotopic (exact) mass is 1880 g/mol. The summed E-state index contributed by atoms with van der Waals surface area (Å²) < 4.78 is 93.5. The van der Waals surface area contributed by atoms with Crippen molar-refractivity contribution in [2.75, 3.05) is 164 Å². The lowest BCUT2D eigenvalue weighted by atomic mass is 10.1. The Morgan fingerprint density at radius 1 is 0.316 bits per heavy atom. The molecule has 17 aromatic rings. The molecule has 2 atom stereocenters. The molecule has 37 heteroatoms. The average Bonchev–Trinajstić information content (AvgIpc) is 1.02. The van der Waals surface area contributed by atoms with Gasteiger partial charge in [-0.2, -0.15) is 8.78 Å². The predicted octanol–water partition coefficient (Wildman–Crippen LogP) is 12.2. The molecule has 5 aliphatic heterocycles. The number of halogens is 5. The second-order valence-electron chi connectivity index (χ2n) is 33.4. The van der Waals surface area contributed by atoms with Crippen molar-refractivity contribution < 1.29 is 36.2 Å². The summed E-state index contributed by atoms with van der Waals surface area (Å²) in [5.41, 5.74) is 13.6. The minimum atomic E-state index is -1.07. The van der Waals surface area contributed by atoms with Gasteiger partial charge in [-0.3, -0.25) is 46.0 Å². The van der Waals surface area contributed by atoms with Crippen LogP contribution in [0, 0.1) is 42.9 Å². The zero-order chi connectivity index (χ0) is 94.5. The number of piperazine rings is 5. The minimum Gasteiger partial charge on any atom is -0.494 e. The number of anilines is 5. The summed E-state index contributed by atoms with van der Waals surface area (Å²) in [6.07, 6.45) is 9.01. The van der Waals surface area contributed by atoms with Gasteiger partial charge in [0.05, 0.1) is 97.3 Å². The third-order valence-corrected chi connectivity index (χ3v) is 26.1. The Morgan fingerprint density at radius 3 is 1.04 bits per heavy atom. The van der Waals surface area contributed by atoms with Gasteiger partial charge in [0.15, 0.2) is 34.7 Å². The van der Waals surface area contributed by atoms with E-state index in [0.29, 0.717) is 63.1 Å². The van der Waals surface area contributed by atoms with E-state index in [0.717, 1.165) is 200 Å². The van der Waals surface area contributed by atoms with E-state index in [-0.39, 0.29) is 67.6 Å². The van der Waals surface area contributed by atoms with Crippen LogP contribution < -0.4 is 93.1 Å². The quantitative estimate of drug-likeness (QED) is 0.0670. The van der Waals surface area contributed by atoms with Gasteiger partial charge in [0.25, 0.3) is 27.8 Å². The van der Waals surface area contributed by atoms with Gasteiger partial charge in [-0.05, 0) is 160 Å². The van der Waals surface area contributed by atoms with Crippen molar-refractivity contribution >= 4 is 99.9 Å². The van der Waals surface area contributed by atoms with E-state index in [1.807, 2.05) is 86.9 Å². The maximum Gasteiger partial charge on any atom is 0.259 e. The maximum absolute atomic E-state index is 14.0. The van der Waals surface area contributed by atoms with Crippen LogP contribution in [-0.2, 0) is 0 Å². The highest BCUT2D eigenvalue weighted by Crippen LogP contribution is 2.35. The lowest BCUT2D eigenvalue weighted by molar-refractivity contribution is 0.372. The van der Waals surface area contributed by atoms with Crippen molar-refractivity contribution in [3.05, 3.63) is 292 Å². The van der Waals surface area contributed by atoms with Gasteiger partial charge in [-0.1, -0.05) is 18.2 Å². The predicted molar refractivity (Wildman–Crippen MR) is 524 cm³/mol. The molecule has 17 heterocycles. The van der Waals surface area contributed by atoms with E-state index in [4.69, 9.17) is 24.2 Å².